The molecule has 1 fully saturated rings. The molecule has 1 N–H and O–H groups in total. The average Bonchev–Trinajstić information content (AvgIpc) is 2.30. The fourth-order valence-electron chi connectivity index (χ4n) is 1.84. The lowest BCUT2D eigenvalue weighted by Gasteiger charge is -2.38. The van der Waals surface area contributed by atoms with E-state index in [2.05, 4.69) is 25.8 Å². The van der Waals surface area contributed by atoms with Crippen LogP contribution in [0.25, 0.3) is 0 Å². The Bertz CT molecular complexity index is 405. The first-order chi connectivity index (χ1) is 8.11. The van der Waals surface area contributed by atoms with Gasteiger partial charge in [0.25, 0.3) is 0 Å². The molecule has 0 radical (unpaired) electrons. The van der Waals surface area contributed by atoms with E-state index in [0.29, 0.717) is 18.2 Å². The van der Waals surface area contributed by atoms with Gasteiger partial charge in [-0.05, 0) is 28.9 Å². The van der Waals surface area contributed by atoms with Crippen LogP contribution in [0.5, 0.6) is 0 Å². The number of morpholine rings is 1. The molecule has 2 atom stereocenters. The number of ether oxygens (including phenoxy) is 1. The molecule has 2 heterocycles. The van der Waals surface area contributed by atoms with Crippen molar-refractivity contribution in [3.8, 4) is 0 Å². The minimum atomic E-state index is -0.173. The van der Waals surface area contributed by atoms with Crippen LogP contribution in [0, 0.1) is 0 Å². The Morgan fingerprint density at radius 2 is 2.47 bits per heavy atom. The lowest BCUT2D eigenvalue weighted by molar-refractivity contribution is -0.0105. The standard InChI is InChI=1S/C11H14BrClN2O2/c1-7-6-17-9(5-16)4-15(7)11-10(13)2-8(12)3-14-11/h2-3,7,9,16H,4-6H2,1H3. The first kappa shape index (κ1) is 13.1. The van der Waals surface area contributed by atoms with Gasteiger partial charge in [0, 0.05) is 17.2 Å². The number of aliphatic hydroxyl groups excluding tert-OH is 1. The molecule has 94 valence electrons. The van der Waals surface area contributed by atoms with E-state index in [-0.39, 0.29) is 18.8 Å². The first-order valence-corrected chi connectivity index (χ1v) is 6.59. The van der Waals surface area contributed by atoms with Gasteiger partial charge in [0.05, 0.1) is 30.4 Å². The molecule has 17 heavy (non-hydrogen) atoms. The van der Waals surface area contributed by atoms with E-state index in [1.807, 2.05) is 13.0 Å². The van der Waals surface area contributed by atoms with Gasteiger partial charge in [-0.25, -0.2) is 4.98 Å². The van der Waals surface area contributed by atoms with Crippen molar-refractivity contribution in [1.82, 2.24) is 4.98 Å². The van der Waals surface area contributed by atoms with E-state index in [4.69, 9.17) is 21.4 Å². The van der Waals surface area contributed by atoms with Crippen molar-refractivity contribution in [3.05, 3.63) is 21.8 Å². The lowest BCUT2D eigenvalue weighted by atomic mass is 10.2. The smallest absolute Gasteiger partial charge is 0.147 e. The number of hydrogen-bond acceptors (Lipinski definition) is 4. The molecule has 1 aliphatic rings. The third-order valence-electron chi connectivity index (χ3n) is 2.77. The van der Waals surface area contributed by atoms with Crippen LogP contribution in [-0.2, 0) is 4.74 Å². The van der Waals surface area contributed by atoms with Crippen molar-refractivity contribution in [2.24, 2.45) is 0 Å². The van der Waals surface area contributed by atoms with Crippen LogP contribution in [0.15, 0.2) is 16.7 Å². The molecule has 0 saturated carbocycles. The van der Waals surface area contributed by atoms with Crippen LogP contribution >= 0.6 is 27.5 Å². The summed E-state index contributed by atoms with van der Waals surface area (Å²) < 4.78 is 6.34. The van der Waals surface area contributed by atoms with Crippen molar-refractivity contribution in [2.45, 2.75) is 19.1 Å². The Kier molecular flexibility index (Phi) is 4.25. The second kappa shape index (κ2) is 5.52. The quantitative estimate of drug-likeness (QED) is 0.906. The van der Waals surface area contributed by atoms with Gasteiger partial charge in [-0.3, -0.25) is 0 Å². The van der Waals surface area contributed by atoms with E-state index >= 15 is 0 Å². The van der Waals surface area contributed by atoms with E-state index in [1.54, 1.807) is 6.20 Å². The van der Waals surface area contributed by atoms with Crippen molar-refractivity contribution in [3.63, 3.8) is 0 Å². The van der Waals surface area contributed by atoms with Gasteiger partial charge in [0.15, 0.2) is 0 Å². The highest BCUT2D eigenvalue weighted by Gasteiger charge is 2.27. The molecule has 0 spiro atoms. The molecule has 2 unspecified atom stereocenters. The van der Waals surface area contributed by atoms with E-state index in [0.717, 1.165) is 10.3 Å². The number of rotatable bonds is 2. The summed E-state index contributed by atoms with van der Waals surface area (Å²) in [6.07, 6.45) is 1.55. The minimum absolute atomic E-state index is 0.0113. The van der Waals surface area contributed by atoms with Crippen LogP contribution < -0.4 is 4.90 Å². The maximum atomic E-state index is 9.14. The molecule has 0 bridgehead atoms. The zero-order valence-electron chi connectivity index (χ0n) is 9.44. The summed E-state index contributed by atoms with van der Waals surface area (Å²) in [5.74, 6) is 0.740. The molecule has 2 rings (SSSR count). The summed E-state index contributed by atoms with van der Waals surface area (Å²) in [5.41, 5.74) is 0. The molecule has 0 amide bonds. The van der Waals surface area contributed by atoms with E-state index in [1.165, 1.54) is 0 Å². The van der Waals surface area contributed by atoms with E-state index < -0.39 is 0 Å². The summed E-state index contributed by atoms with van der Waals surface area (Å²) in [7, 11) is 0. The number of anilines is 1. The molecular weight excluding hydrogens is 307 g/mol. The Balaban J connectivity index is 2.24. The topological polar surface area (TPSA) is 45.6 Å². The van der Waals surface area contributed by atoms with Crippen molar-refractivity contribution in [1.29, 1.82) is 0 Å². The highest BCUT2D eigenvalue weighted by molar-refractivity contribution is 9.10. The van der Waals surface area contributed by atoms with Gasteiger partial charge >= 0.3 is 0 Å². The molecule has 1 saturated heterocycles. The number of halogens is 2. The molecule has 1 aromatic rings. The molecule has 4 nitrogen and oxygen atoms in total. The predicted octanol–water partition coefficient (Wildman–Crippen LogP) is 2.08. The molecular formula is C11H14BrClN2O2. The zero-order valence-corrected chi connectivity index (χ0v) is 11.8. The van der Waals surface area contributed by atoms with Crippen molar-refractivity contribution >= 4 is 33.3 Å². The lowest BCUT2D eigenvalue weighted by Crippen LogP contribution is -2.50. The van der Waals surface area contributed by atoms with Crippen LogP contribution in [0.4, 0.5) is 5.82 Å². The third-order valence-corrected chi connectivity index (χ3v) is 3.48. The number of aliphatic hydroxyl groups is 1. The van der Waals surface area contributed by atoms with E-state index in [9.17, 15) is 0 Å². The Labute approximate surface area is 114 Å². The Morgan fingerprint density at radius 3 is 3.12 bits per heavy atom. The van der Waals surface area contributed by atoms with Crippen LogP contribution in [-0.4, -0.2) is 42.0 Å². The summed E-state index contributed by atoms with van der Waals surface area (Å²) >= 11 is 9.51. The fourth-order valence-corrected chi connectivity index (χ4v) is 2.58. The van der Waals surface area contributed by atoms with Crippen molar-refractivity contribution < 1.29 is 9.84 Å². The monoisotopic (exact) mass is 320 g/mol. The molecule has 0 aliphatic carbocycles. The maximum Gasteiger partial charge on any atom is 0.147 e. The molecule has 1 aliphatic heterocycles. The summed E-state index contributed by atoms with van der Waals surface area (Å²) in [5, 5.41) is 9.74. The number of nitrogens with zero attached hydrogens (tertiary/aromatic N) is 2. The molecule has 0 aromatic carbocycles. The maximum absolute atomic E-state index is 9.14. The van der Waals surface area contributed by atoms with Crippen molar-refractivity contribution in [2.75, 3.05) is 24.7 Å². The number of aromatic nitrogens is 1. The van der Waals surface area contributed by atoms with Gasteiger partial charge in [-0.1, -0.05) is 11.6 Å². The molecule has 1 aromatic heterocycles. The van der Waals surface area contributed by atoms with Gasteiger partial charge < -0.3 is 14.7 Å². The highest BCUT2D eigenvalue weighted by Crippen LogP contribution is 2.29. The van der Waals surface area contributed by atoms with Crippen LogP contribution in [0.2, 0.25) is 5.02 Å². The zero-order chi connectivity index (χ0) is 12.4. The summed E-state index contributed by atoms with van der Waals surface area (Å²) in [6, 6.07) is 2.02. The highest BCUT2D eigenvalue weighted by atomic mass is 79.9. The van der Waals surface area contributed by atoms with Crippen LogP contribution in [0.1, 0.15) is 6.92 Å². The largest absolute Gasteiger partial charge is 0.394 e. The molecule has 6 heteroatoms. The SMILES string of the molecule is CC1COC(CO)CN1c1ncc(Br)cc1Cl. The Morgan fingerprint density at radius 1 is 1.71 bits per heavy atom. The van der Waals surface area contributed by atoms with Gasteiger partial charge in [-0.2, -0.15) is 0 Å². The normalized spacial score (nSPS) is 25.1. The Hall–Kier alpha value is -0.360. The third kappa shape index (κ3) is 2.91. The van der Waals surface area contributed by atoms with Gasteiger partial charge in [0.2, 0.25) is 0 Å². The average molecular weight is 322 g/mol. The summed E-state index contributed by atoms with van der Waals surface area (Å²) in [6.45, 7) is 3.23. The predicted molar refractivity (Wildman–Crippen MR) is 70.6 cm³/mol. The van der Waals surface area contributed by atoms with Crippen LogP contribution in [0.3, 0.4) is 0 Å². The first-order valence-electron chi connectivity index (χ1n) is 5.42. The number of pyridine rings is 1. The second-order valence-corrected chi connectivity index (χ2v) is 5.42. The summed E-state index contributed by atoms with van der Waals surface area (Å²) in [4.78, 5) is 6.40. The second-order valence-electron chi connectivity index (χ2n) is 4.10. The fraction of sp³-hybridized carbons (Fsp3) is 0.545. The van der Waals surface area contributed by atoms with Gasteiger partial charge in [0.1, 0.15) is 5.82 Å². The minimum Gasteiger partial charge on any atom is -0.394 e. The number of hydrogen-bond donors (Lipinski definition) is 1. The van der Waals surface area contributed by atoms with Gasteiger partial charge in [-0.15, -0.1) is 0 Å².